The fourth-order valence-corrected chi connectivity index (χ4v) is 9.97. The van der Waals surface area contributed by atoms with Crippen molar-refractivity contribution >= 4 is 17.9 Å². The van der Waals surface area contributed by atoms with E-state index in [0.717, 1.165) is 103 Å². The fourth-order valence-electron chi connectivity index (χ4n) is 9.97. The lowest BCUT2D eigenvalue weighted by molar-refractivity contribution is -0.167. The molecule has 0 saturated carbocycles. The van der Waals surface area contributed by atoms with Gasteiger partial charge in [0.15, 0.2) is 6.10 Å². The van der Waals surface area contributed by atoms with Crippen molar-refractivity contribution in [2.75, 3.05) is 13.2 Å². The normalized spacial score (nSPS) is 12.6. The molecular weight excluding hydrogens is 985 g/mol. The molecule has 6 heteroatoms. The number of allylic oxidation sites excluding steroid dienone is 14. The first-order valence-corrected chi connectivity index (χ1v) is 34.6. The maximum atomic E-state index is 12.9. The second-order valence-electron chi connectivity index (χ2n) is 23.1. The monoisotopic (exact) mass is 1110 g/mol. The first-order chi connectivity index (χ1) is 39.5. The largest absolute Gasteiger partial charge is 0.462 e. The number of hydrogen-bond donors (Lipinski definition) is 0. The van der Waals surface area contributed by atoms with Crippen molar-refractivity contribution < 1.29 is 28.6 Å². The predicted octanol–water partition coefficient (Wildman–Crippen LogP) is 23.8. The quantitative estimate of drug-likeness (QED) is 0.0261. The van der Waals surface area contributed by atoms with Gasteiger partial charge in [-0.25, -0.2) is 0 Å². The van der Waals surface area contributed by atoms with E-state index in [4.69, 9.17) is 14.2 Å². The van der Waals surface area contributed by atoms with Crippen molar-refractivity contribution in [3.8, 4) is 0 Å². The standard InChI is InChI=1S/C74H130O6/c1-4-7-10-13-16-19-22-24-26-28-30-32-33-34-35-36-37-38-39-40-41-43-44-46-48-50-52-55-58-61-64-67-73(76)79-70-71(69-78-72(75)66-63-60-57-54-21-18-15-12-9-6-3)80-74(77)68-65-62-59-56-53-51-49-47-45-42-31-29-27-25-23-20-17-14-11-8-5-2/h8,11,17,20,22,24-25,27-28,30-31,33-34,42,71H,4-7,9-10,12-16,18-19,21,23,26,29,32,35-41,43-70H2,1-3H3/b11-8-,20-17-,24-22-,27-25-,30-28-,34-33-,42-31-. The Morgan fingerprint density at radius 1 is 0.263 bits per heavy atom. The van der Waals surface area contributed by atoms with E-state index >= 15 is 0 Å². The molecule has 0 aliphatic carbocycles. The highest BCUT2D eigenvalue weighted by Gasteiger charge is 2.19. The van der Waals surface area contributed by atoms with Gasteiger partial charge in [0.25, 0.3) is 0 Å². The summed E-state index contributed by atoms with van der Waals surface area (Å²) < 4.78 is 16.9. The maximum absolute atomic E-state index is 12.9. The molecule has 0 N–H and O–H groups in total. The van der Waals surface area contributed by atoms with E-state index in [-0.39, 0.29) is 31.1 Å². The summed E-state index contributed by atoms with van der Waals surface area (Å²) in [5.74, 6) is -0.870. The molecule has 0 aromatic heterocycles. The van der Waals surface area contributed by atoms with Crippen LogP contribution in [0, 0.1) is 0 Å². The van der Waals surface area contributed by atoms with Crippen LogP contribution in [0.5, 0.6) is 0 Å². The van der Waals surface area contributed by atoms with Gasteiger partial charge in [0.05, 0.1) is 0 Å². The molecule has 6 nitrogen and oxygen atoms in total. The molecule has 0 spiro atoms. The van der Waals surface area contributed by atoms with Gasteiger partial charge in [-0.3, -0.25) is 14.4 Å². The molecule has 0 heterocycles. The summed E-state index contributed by atoms with van der Waals surface area (Å²) in [5, 5.41) is 0. The van der Waals surface area contributed by atoms with Crippen LogP contribution >= 0.6 is 0 Å². The number of ether oxygens (including phenoxy) is 3. The minimum absolute atomic E-state index is 0.0759. The van der Waals surface area contributed by atoms with E-state index in [1.54, 1.807) is 0 Å². The van der Waals surface area contributed by atoms with Gasteiger partial charge in [-0.15, -0.1) is 0 Å². The minimum Gasteiger partial charge on any atom is -0.462 e. The van der Waals surface area contributed by atoms with Crippen molar-refractivity contribution in [1.82, 2.24) is 0 Å². The lowest BCUT2D eigenvalue weighted by Crippen LogP contribution is -2.30. The third kappa shape index (κ3) is 65.4. The van der Waals surface area contributed by atoms with Crippen molar-refractivity contribution in [3.63, 3.8) is 0 Å². The summed E-state index contributed by atoms with van der Waals surface area (Å²) in [6, 6.07) is 0. The summed E-state index contributed by atoms with van der Waals surface area (Å²) in [6.07, 6.45) is 90.4. The van der Waals surface area contributed by atoms with Crippen LogP contribution in [-0.4, -0.2) is 37.2 Å². The van der Waals surface area contributed by atoms with E-state index in [2.05, 4.69) is 106 Å². The first-order valence-electron chi connectivity index (χ1n) is 34.6. The second-order valence-corrected chi connectivity index (χ2v) is 23.1. The second kappa shape index (κ2) is 68.1. The summed E-state index contributed by atoms with van der Waals surface area (Å²) >= 11 is 0. The molecule has 0 aliphatic rings. The SMILES string of the molecule is CC/C=C\C/C=C\C/C=C\C/C=C\CCCCCCCCCCC(=O)OC(COC(=O)CCCCCCCCCCCC)COC(=O)CCCCCCCCCCCCCCCCCC/C=C\C/C=C\C/C=C\CCCCCCC. The lowest BCUT2D eigenvalue weighted by atomic mass is 10.0. The number of carbonyl (C=O) groups excluding carboxylic acids is 3. The van der Waals surface area contributed by atoms with Gasteiger partial charge in [0.1, 0.15) is 13.2 Å². The molecular formula is C74H130O6. The maximum Gasteiger partial charge on any atom is 0.306 e. The predicted molar refractivity (Wildman–Crippen MR) is 348 cm³/mol. The third-order valence-electron chi connectivity index (χ3n) is 15.1. The van der Waals surface area contributed by atoms with Crippen LogP contribution in [0.2, 0.25) is 0 Å². The van der Waals surface area contributed by atoms with E-state index in [0.29, 0.717) is 19.3 Å². The number of unbranched alkanes of at least 4 members (excludes halogenated alkanes) is 38. The smallest absolute Gasteiger partial charge is 0.306 e. The highest BCUT2D eigenvalue weighted by atomic mass is 16.6. The van der Waals surface area contributed by atoms with Crippen LogP contribution in [-0.2, 0) is 28.6 Å². The molecule has 0 saturated heterocycles. The summed E-state index contributed by atoms with van der Waals surface area (Å²) in [7, 11) is 0. The summed E-state index contributed by atoms with van der Waals surface area (Å²) in [5.41, 5.74) is 0. The Labute approximate surface area is 496 Å². The highest BCUT2D eigenvalue weighted by Crippen LogP contribution is 2.17. The van der Waals surface area contributed by atoms with Gasteiger partial charge in [0, 0.05) is 19.3 Å². The van der Waals surface area contributed by atoms with Gasteiger partial charge >= 0.3 is 17.9 Å². The molecule has 1 atom stereocenters. The number of rotatable bonds is 63. The minimum atomic E-state index is -0.779. The molecule has 0 aromatic rings. The Hall–Kier alpha value is -3.41. The van der Waals surface area contributed by atoms with Gasteiger partial charge in [-0.2, -0.15) is 0 Å². The first kappa shape index (κ1) is 76.6. The van der Waals surface area contributed by atoms with Crippen molar-refractivity contribution in [1.29, 1.82) is 0 Å². The number of esters is 3. The zero-order valence-electron chi connectivity index (χ0n) is 53.1. The van der Waals surface area contributed by atoms with Crippen LogP contribution in [0.1, 0.15) is 348 Å². The molecule has 1 unspecified atom stereocenters. The van der Waals surface area contributed by atoms with Crippen LogP contribution in [0.4, 0.5) is 0 Å². The average Bonchev–Trinajstić information content (AvgIpc) is 3.46. The van der Waals surface area contributed by atoms with Crippen LogP contribution in [0.3, 0.4) is 0 Å². The molecule has 0 aromatic carbocycles. The van der Waals surface area contributed by atoms with Gasteiger partial charge in [-0.1, -0.05) is 318 Å². The Kier molecular flexibility index (Phi) is 65.2. The topological polar surface area (TPSA) is 78.9 Å². The molecule has 0 rings (SSSR count). The zero-order chi connectivity index (χ0) is 57.8. The van der Waals surface area contributed by atoms with E-state index in [1.165, 1.54) is 205 Å². The molecule has 80 heavy (non-hydrogen) atoms. The van der Waals surface area contributed by atoms with Crippen LogP contribution in [0.15, 0.2) is 85.1 Å². The molecule has 0 amide bonds. The summed E-state index contributed by atoms with van der Waals surface area (Å²) in [6.45, 7) is 6.54. The number of hydrogen-bond acceptors (Lipinski definition) is 6. The Morgan fingerprint density at radius 2 is 0.487 bits per heavy atom. The van der Waals surface area contributed by atoms with Gasteiger partial charge in [0.2, 0.25) is 0 Å². The molecule has 0 radical (unpaired) electrons. The molecule has 0 fully saturated rings. The van der Waals surface area contributed by atoms with E-state index in [9.17, 15) is 14.4 Å². The Balaban J connectivity index is 4.16. The fraction of sp³-hybridized carbons (Fsp3) is 0.770. The molecule has 0 aliphatic heterocycles. The van der Waals surface area contributed by atoms with E-state index < -0.39 is 6.10 Å². The molecule has 462 valence electrons. The highest BCUT2D eigenvalue weighted by molar-refractivity contribution is 5.71. The zero-order valence-corrected chi connectivity index (χ0v) is 53.1. The van der Waals surface area contributed by atoms with Crippen molar-refractivity contribution in [2.24, 2.45) is 0 Å². The van der Waals surface area contributed by atoms with Crippen molar-refractivity contribution in [2.45, 2.75) is 354 Å². The van der Waals surface area contributed by atoms with Gasteiger partial charge < -0.3 is 14.2 Å². The van der Waals surface area contributed by atoms with E-state index in [1.807, 2.05) is 0 Å². The number of carbonyl (C=O) groups is 3. The van der Waals surface area contributed by atoms with Gasteiger partial charge in [-0.05, 0) is 96.3 Å². The average molecular weight is 1120 g/mol. The Morgan fingerprint density at radius 3 is 0.762 bits per heavy atom. The summed E-state index contributed by atoms with van der Waals surface area (Å²) in [4.78, 5) is 38.3. The van der Waals surface area contributed by atoms with Crippen LogP contribution < -0.4 is 0 Å². The Bertz CT molecular complexity index is 1520. The lowest BCUT2D eigenvalue weighted by Gasteiger charge is -2.18. The molecule has 0 bridgehead atoms. The third-order valence-corrected chi connectivity index (χ3v) is 15.1. The van der Waals surface area contributed by atoms with Crippen LogP contribution in [0.25, 0.3) is 0 Å². The van der Waals surface area contributed by atoms with Crippen molar-refractivity contribution in [3.05, 3.63) is 85.1 Å².